The van der Waals surface area contributed by atoms with Crippen LogP contribution in [-0.2, 0) is 4.79 Å². The maximum absolute atomic E-state index is 11.9. The van der Waals surface area contributed by atoms with E-state index in [0.717, 1.165) is 38.9 Å². The molecule has 2 fully saturated rings. The smallest absolute Gasteiger partial charge is 0.222 e. The third-order valence-corrected chi connectivity index (χ3v) is 3.68. The van der Waals surface area contributed by atoms with Crippen molar-refractivity contribution < 1.29 is 9.90 Å². The van der Waals surface area contributed by atoms with Gasteiger partial charge in [-0.25, -0.2) is 0 Å². The lowest BCUT2D eigenvalue weighted by Gasteiger charge is -2.30. The zero-order valence-corrected chi connectivity index (χ0v) is 9.82. The fraction of sp³-hybridized carbons (Fsp3) is 0.917. The second-order valence-corrected chi connectivity index (χ2v) is 5.03. The standard InChI is InChI=1S/C12H22N2O2/c15-11-2-1-7-14(9-11)12(16)4-3-10-5-6-13-8-10/h10-11,13,15H,1-9H2/t10?,11-/m0/s1. The van der Waals surface area contributed by atoms with Crippen molar-refractivity contribution in [2.45, 2.75) is 38.2 Å². The fourth-order valence-corrected chi connectivity index (χ4v) is 2.63. The van der Waals surface area contributed by atoms with E-state index in [1.165, 1.54) is 6.42 Å². The minimum absolute atomic E-state index is 0.227. The van der Waals surface area contributed by atoms with Gasteiger partial charge in [-0.2, -0.15) is 0 Å². The van der Waals surface area contributed by atoms with Gasteiger partial charge >= 0.3 is 0 Å². The van der Waals surface area contributed by atoms with Crippen LogP contribution < -0.4 is 5.32 Å². The second-order valence-electron chi connectivity index (χ2n) is 5.03. The van der Waals surface area contributed by atoms with Crippen molar-refractivity contribution in [1.82, 2.24) is 10.2 Å². The van der Waals surface area contributed by atoms with Crippen LogP contribution in [0.4, 0.5) is 0 Å². The van der Waals surface area contributed by atoms with E-state index in [0.29, 0.717) is 18.9 Å². The first kappa shape index (κ1) is 11.9. The van der Waals surface area contributed by atoms with Crippen LogP contribution in [0.5, 0.6) is 0 Å². The summed E-state index contributed by atoms with van der Waals surface area (Å²) in [5.74, 6) is 0.907. The van der Waals surface area contributed by atoms with Gasteiger partial charge in [0.1, 0.15) is 0 Å². The Hall–Kier alpha value is -0.610. The largest absolute Gasteiger partial charge is 0.391 e. The number of likely N-dealkylation sites (tertiary alicyclic amines) is 1. The topological polar surface area (TPSA) is 52.6 Å². The van der Waals surface area contributed by atoms with E-state index < -0.39 is 0 Å². The molecule has 16 heavy (non-hydrogen) atoms. The van der Waals surface area contributed by atoms with E-state index in [1.807, 2.05) is 4.90 Å². The van der Waals surface area contributed by atoms with Crippen molar-refractivity contribution in [2.24, 2.45) is 5.92 Å². The number of piperidine rings is 1. The van der Waals surface area contributed by atoms with E-state index in [2.05, 4.69) is 5.32 Å². The molecule has 2 N–H and O–H groups in total. The highest BCUT2D eigenvalue weighted by Gasteiger charge is 2.23. The van der Waals surface area contributed by atoms with Crippen molar-refractivity contribution in [3.8, 4) is 0 Å². The molecule has 1 amide bonds. The average molecular weight is 226 g/mol. The van der Waals surface area contributed by atoms with Crippen molar-refractivity contribution in [3.05, 3.63) is 0 Å². The van der Waals surface area contributed by atoms with Gasteiger partial charge in [-0.3, -0.25) is 4.79 Å². The molecular weight excluding hydrogens is 204 g/mol. The normalized spacial score (nSPS) is 30.7. The predicted molar refractivity (Wildman–Crippen MR) is 62.0 cm³/mol. The molecule has 4 heteroatoms. The minimum Gasteiger partial charge on any atom is -0.391 e. The molecule has 0 aromatic carbocycles. The zero-order valence-electron chi connectivity index (χ0n) is 9.82. The lowest BCUT2D eigenvalue weighted by Crippen LogP contribution is -2.42. The number of aliphatic hydroxyl groups is 1. The Morgan fingerprint density at radius 1 is 1.44 bits per heavy atom. The highest BCUT2D eigenvalue weighted by molar-refractivity contribution is 5.76. The molecular formula is C12H22N2O2. The third-order valence-electron chi connectivity index (χ3n) is 3.68. The molecule has 2 atom stereocenters. The number of nitrogens with zero attached hydrogens (tertiary/aromatic N) is 1. The monoisotopic (exact) mass is 226 g/mol. The van der Waals surface area contributed by atoms with Gasteiger partial charge in [0.15, 0.2) is 0 Å². The van der Waals surface area contributed by atoms with Gasteiger partial charge in [0.2, 0.25) is 5.91 Å². The van der Waals surface area contributed by atoms with Crippen LogP contribution in [0.1, 0.15) is 32.1 Å². The Kier molecular flexibility index (Phi) is 4.18. The zero-order chi connectivity index (χ0) is 11.4. The average Bonchev–Trinajstić information content (AvgIpc) is 2.78. The lowest BCUT2D eigenvalue weighted by atomic mass is 10.0. The molecule has 1 unspecified atom stereocenters. The van der Waals surface area contributed by atoms with E-state index in [-0.39, 0.29) is 12.0 Å². The number of hydrogen-bond acceptors (Lipinski definition) is 3. The van der Waals surface area contributed by atoms with Gasteiger partial charge in [0.25, 0.3) is 0 Å². The molecule has 4 nitrogen and oxygen atoms in total. The maximum Gasteiger partial charge on any atom is 0.222 e. The molecule has 0 aromatic rings. The number of carbonyl (C=O) groups excluding carboxylic acids is 1. The number of nitrogens with one attached hydrogen (secondary N) is 1. The molecule has 2 saturated heterocycles. The Bertz CT molecular complexity index is 239. The van der Waals surface area contributed by atoms with Crippen LogP contribution in [0, 0.1) is 5.92 Å². The molecule has 2 aliphatic heterocycles. The summed E-state index contributed by atoms with van der Waals surface area (Å²) in [6, 6.07) is 0. The maximum atomic E-state index is 11.9. The molecule has 2 heterocycles. The summed E-state index contributed by atoms with van der Waals surface area (Å²) >= 11 is 0. The van der Waals surface area contributed by atoms with Crippen LogP contribution >= 0.6 is 0 Å². The molecule has 2 aliphatic rings. The number of β-amino-alcohol motifs (C(OH)–C–C–N with tert-alkyl or cyclic N) is 1. The molecule has 0 aliphatic carbocycles. The van der Waals surface area contributed by atoms with E-state index in [4.69, 9.17) is 0 Å². The first-order chi connectivity index (χ1) is 7.75. The van der Waals surface area contributed by atoms with Gasteiger partial charge in [-0.15, -0.1) is 0 Å². The highest BCUT2D eigenvalue weighted by Crippen LogP contribution is 2.17. The van der Waals surface area contributed by atoms with E-state index >= 15 is 0 Å². The predicted octanol–water partition coefficient (Wildman–Crippen LogP) is 0.359. The number of rotatable bonds is 3. The summed E-state index contributed by atoms with van der Waals surface area (Å²) in [5, 5.41) is 12.8. The SMILES string of the molecule is O=C(CCC1CCNC1)N1CCC[C@H](O)C1. The van der Waals surface area contributed by atoms with Crippen molar-refractivity contribution >= 4 is 5.91 Å². The first-order valence-electron chi connectivity index (χ1n) is 6.42. The lowest BCUT2D eigenvalue weighted by molar-refractivity contribution is -0.134. The summed E-state index contributed by atoms with van der Waals surface area (Å²) < 4.78 is 0. The third kappa shape index (κ3) is 3.19. The van der Waals surface area contributed by atoms with E-state index in [9.17, 15) is 9.90 Å². The first-order valence-corrected chi connectivity index (χ1v) is 6.42. The molecule has 0 radical (unpaired) electrons. The van der Waals surface area contributed by atoms with Crippen LogP contribution in [0.15, 0.2) is 0 Å². The minimum atomic E-state index is -0.300. The Morgan fingerprint density at radius 2 is 2.31 bits per heavy atom. The second kappa shape index (κ2) is 5.64. The molecule has 0 spiro atoms. The van der Waals surface area contributed by atoms with Crippen LogP contribution in [0.25, 0.3) is 0 Å². The summed E-state index contributed by atoms with van der Waals surface area (Å²) in [4.78, 5) is 13.7. The summed E-state index contributed by atoms with van der Waals surface area (Å²) in [6.45, 7) is 3.54. The Labute approximate surface area is 97.0 Å². The highest BCUT2D eigenvalue weighted by atomic mass is 16.3. The van der Waals surface area contributed by atoms with Crippen LogP contribution in [-0.4, -0.2) is 48.2 Å². The number of hydrogen-bond donors (Lipinski definition) is 2. The molecule has 0 bridgehead atoms. The van der Waals surface area contributed by atoms with Gasteiger partial charge in [-0.1, -0.05) is 0 Å². The fourth-order valence-electron chi connectivity index (χ4n) is 2.63. The van der Waals surface area contributed by atoms with Crippen LogP contribution in [0.3, 0.4) is 0 Å². The molecule has 0 aromatic heterocycles. The number of amides is 1. The summed E-state index contributed by atoms with van der Waals surface area (Å²) in [5.41, 5.74) is 0. The van der Waals surface area contributed by atoms with Crippen molar-refractivity contribution in [1.29, 1.82) is 0 Å². The molecule has 2 rings (SSSR count). The van der Waals surface area contributed by atoms with Gasteiger partial charge in [0, 0.05) is 19.5 Å². The van der Waals surface area contributed by atoms with Gasteiger partial charge < -0.3 is 15.3 Å². The Morgan fingerprint density at radius 3 is 3.00 bits per heavy atom. The molecule has 92 valence electrons. The number of aliphatic hydroxyl groups excluding tert-OH is 1. The van der Waals surface area contributed by atoms with E-state index in [1.54, 1.807) is 0 Å². The van der Waals surface area contributed by atoms with Gasteiger partial charge in [0.05, 0.1) is 6.10 Å². The quantitative estimate of drug-likeness (QED) is 0.730. The molecule has 0 saturated carbocycles. The summed E-state index contributed by atoms with van der Waals surface area (Å²) in [6.07, 6.45) is 4.34. The summed E-state index contributed by atoms with van der Waals surface area (Å²) in [7, 11) is 0. The Balaban J connectivity index is 1.70. The number of carbonyl (C=O) groups is 1. The van der Waals surface area contributed by atoms with Crippen molar-refractivity contribution in [3.63, 3.8) is 0 Å². The van der Waals surface area contributed by atoms with Crippen LogP contribution in [0.2, 0.25) is 0 Å². The van der Waals surface area contributed by atoms with Gasteiger partial charge in [-0.05, 0) is 44.7 Å². The van der Waals surface area contributed by atoms with Crippen molar-refractivity contribution in [2.75, 3.05) is 26.2 Å².